The highest BCUT2D eigenvalue weighted by molar-refractivity contribution is 5.92. The van der Waals surface area contributed by atoms with Crippen LogP contribution in [0, 0.1) is 6.92 Å². The number of para-hydroxylation sites is 1. The predicted octanol–water partition coefficient (Wildman–Crippen LogP) is 1.02. The molecule has 1 aromatic heterocycles. The van der Waals surface area contributed by atoms with Gasteiger partial charge in [-0.15, -0.1) is 0 Å². The van der Waals surface area contributed by atoms with Crippen molar-refractivity contribution in [3.05, 3.63) is 83.7 Å². The molecule has 3 rings (SSSR count). The number of hydrogen-bond acceptors (Lipinski definition) is 3. The lowest BCUT2D eigenvalue weighted by atomic mass is 10.1. The monoisotopic (exact) mass is 516 g/mol. The number of aromatic nitrogens is 1. The van der Waals surface area contributed by atoms with Gasteiger partial charge in [0.25, 0.3) is 5.91 Å². The van der Waals surface area contributed by atoms with E-state index in [2.05, 4.69) is 5.32 Å². The Bertz CT molecular complexity index is 1030. The summed E-state index contributed by atoms with van der Waals surface area (Å²) in [6.07, 6.45) is 6.04. The minimum atomic E-state index is -0.220. The summed E-state index contributed by atoms with van der Waals surface area (Å²) in [6, 6.07) is 19.3. The molecule has 0 aliphatic heterocycles. The van der Waals surface area contributed by atoms with Crippen LogP contribution < -0.4 is 43.3 Å². The Kier molecular flexibility index (Phi) is 8.86. The molecule has 0 atom stereocenters. The van der Waals surface area contributed by atoms with Gasteiger partial charge in [-0.25, -0.2) is 4.57 Å². The van der Waals surface area contributed by atoms with E-state index < -0.39 is 0 Å². The van der Waals surface area contributed by atoms with E-state index in [0.29, 0.717) is 11.5 Å². The maximum atomic E-state index is 12.2. The third-order valence-electron chi connectivity index (χ3n) is 4.51. The molecule has 0 saturated carbocycles. The largest absolute Gasteiger partial charge is 1.00 e. The molecule has 0 fully saturated rings. The number of hydrogen-bond donors (Lipinski definition) is 1. The van der Waals surface area contributed by atoms with Crippen molar-refractivity contribution in [1.29, 1.82) is 0 Å². The molecule has 0 spiro atoms. The van der Waals surface area contributed by atoms with Gasteiger partial charge in [-0.05, 0) is 48.4 Å². The molecule has 0 radical (unpaired) electrons. The zero-order valence-corrected chi connectivity index (χ0v) is 19.4. The highest BCUT2D eigenvalue weighted by atomic mass is 127. The van der Waals surface area contributed by atoms with E-state index in [9.17, 15) is 4.79 Å². The number of methoxy groups -OCH3 is 1. The predicted molar refractivity (Wildman–Crippen MR) is 115 cm³/mol. The summed E-state index contributed by atoms with van der Waals surface area (Å²) in [6.45, 7) is 1.85. The molecule has 6 heteroatoms. The molecule has 156 valence electrons. The SMILES string of the molecule is COc1cc(/C=C/c2cccc[n+]2C)ccc1OCC(=O)Nc1ccccc1C.[I-]. The van der Waals surface area contributed by atoms with Crippen molar-refractivity contribution in [2.45, 2.75) is 6.92 Å². The maximum absolute atomic E-state index is 12.2. The molecule has 2 aromatic carbocycles. The average molecular weight is 516 g/mol. The molecule has 1 N–H and O–H groups in total. The molecule has 0 unspecified atom stereocenters. The summed E-state index contributed by atoms with van der Waals surface area (Å²) in [4.78, 5) is 12.2. The van der Waals surface area contributed by atoms with Gasteiger partial charge in [0.15, 0.2) is 24.3 Å². The Labute approximate surface area is 194 Å². The lowest BCUT2D eigenvalue weighted by Crippen LogP contribution is -3.00. The van der Waals surface area contributed by atoms with Crippen molar-refractivity contribution >= 4 is 23.7 Å². The van der Waals surface area contributed by atoms with Crippen LogP contribution in [0.25, 0.3) is 12.2 Å². The van der Waals surface area contributed by atoms with Gasteiger partial charge in [-0.2, -0.15) is 0 Å². The summed E-state index contributed by atoms with van der Waals surface area (Å²) in [5, 5.41) is 2.85. The molecule has 1 heterocycles. The molecule has 0 bridgehead atoms. The Hall–Kier alpha value is -2.87. The summed E-state index contributed by atoms with van der Waals surface area (Å²) in [5.74, 6) is 0.880. The van der Waals surface area contributed by atoms with Gasteiger partial charge >= 0.3 is 0 Å². The minimum Gasteiger partial charge on any atom is -1.00 e. The van der Waals surface area contributed by atoms with Gasteiger partial charge in [0, 0.05) is 23.9 Å². The lowest BCUT2D eigenvalue weighted by Gasteiger charge is -2.12. The minimum absolute atomic E-state index is 0. The van der Waals surface area contributed by atoms with Gasteiger partial charge in [-0.1, -0.05) is 24.3 Å². The van der Waals surface area contributed by atoms with Crippen LogP contribution in [0.2, 0.25) is 0 Å². The third kappa shape index (κ3) is 6.32. The number of aryl methyl sites for hydroxylation is 2. The second-order valence-electron chi connectivity index (χ2n) is 6.63. The summed E-state index contributed by atoms with van der Waals surface area (Å²) >= 11 is 0. The fourth-order valence-corrected chi connectivity index (χ4v) is 2.84. The van der Waals surface area contributed by atoms with Crippen LogP contribution >= 0.6 is 0 Å². The van der Waals surface area contributed by atoms with E-state index in [1.54, 1.807) is 7.11 Å². The van der Waals surface area contributed by atoms with E-state index in [0.717, 1.165) is 22.5 Å². The van der Waals surface area contributed by atoms with Gasteiger partial charge < -0.3 is 38.8 Å². The second-order valence-corrected chi connectivity index (χ2v) is 6.63. The standard InChI is InChI=1S/C24H24N2O3.HI/c1-18-8-4-5-10-21(18)25-24(27)17-29-22-14-12-19(16-23(22)28-3)11-13-20-9-6-7-15-26(20)2;/h4-16H,17H2,1-3H3;1H/b13-11+;. The molecule has 5 nitrogen and oxygen atoms in total. The Balaban J connectivity index is 0.00000320. The normalized spacial score (nSPS) is 10.4. The first-order valence-corrected chi connectivity index (χ1v) is 9.36. The highest BCUT2D eigenvalue weighted by Crippen LogP contribution is 2.28. The molecule has 0 saturated heterocycles. The number of ether oxygens (including phenoxy) is 2. The maximum Gasteiger partial charge on any atom is 0.262 e. The van der Waals surface area contributed by atoms with Gasteiger partial charge in [0.2, 0.25) is 5.69 Å². The van der Waals surface area contributed by atoms with Gasteiger partial charge in [0.1, 0.15) is 7.05 Å². The van der Waals surface area contributed by atoms with Gasteiger partial charge in [0.05, 0.1) is 7.11 Å². The van der Waals surface area contributed by atoms with Crippen LogP contribution in [0.4, 0.5) is 5.69 Å². The zero-order valence-electron chi connectivity index (χ0n) is 17.3. The number of halogens is 1. The van der Waals surface area contributed by atoms with Crippen molar-refractivity contribution in [2.24, 2.45) is 7.05 Å². The molecular formula is C24H25IN2O3. The Morgan fingerprint density at radius 3 is 2.53 bits per heavy atom. The Morgan fingerprint density at radius 2 is 1.80 bits per heavy atom. The summed E-state index contributed by atoms with van der Waals surface area (Å²) in [5.41, 5.74) is 3.84. The number of anilines is 1. The molecule has 1 amide bonds. The molecule has 0 aliphatic carbocycles. The number of pyridine rings is 1. The topological polar surface area (TPSA) is 51.4 Å². The smallest absolute Gasteiger partial charge is 0.262 e. The first-order valence-electron chi connectivity index (χ1n) is 9.36. The lowest BCUT2D eigenvalue weighted by molar-refractivity contribution is -0.673. The molecule has 0 aliphatic rings. The number of benzene rings is 2. The average Bonchev–Trinajstić information content (AvgIpc) is 2.73. The fraction of sp³-hybridized carbons (Fsp3) is 0.167. The number of carbonyl (C=O) groups is 1. The summed E-state index contributed by atoms with van der Waals surface area (Å²) < 4.78 is 13.1. The van der Waals surface area contributed by atoms with Crippen molar-refractivity contribution in [3.8, 4) is 11.5 Å². The van der Waals surface area contributed by atoms with Gasteiger partial charge in [-0.3, -0.25) is 4.79 Å². The first-order chi connectivity index (χ1) is 14.1. The molecular weight excluding hydrogens is 491 g/mol. The van der Waals surface area contributed by atoms with E-state index >= 15 is 0 Å². The molecule has 3 aromatic rings. The number of amides is 1. The molecule has 30 heavy (non-hydrogen) atoms. The summed E-state index contributed by atoms with van der Waals surface area (Å²) in [7, 11) is 3.58. The van der Waals surface area contributed by atoms with Crippen LogP contribution in [-0.2, 0) is 11.8 Å². The van der Waals surface area contributed by atoms with E-state index in [-0.39, 0.29) is 36.5 Å². The van der Waals surface area contributed by atoms with Crippen molar-refractivity contribution in [3.63, 3.8) is 0 Å². The zero-order chi connectivity index (χ0) is 20.6. The number of rotatable bonds is 7. The van der Waals surface area contributed by atoms with Crippen LogP contribution in [0.5, 0.6) is 11.5 Å². The second kappa shape index (κ2) is 11.3. The van der Waals surface area contributed by atoms with E-state index in [1.165, 1.54) is 0 Å². The van der Waals surface area contributed by atoms with E-state index in [4.69, 9.17) is 9.47 Å². The van der Waals surface area contributed by atoms with Crippen LogP contribution in [-0.4, -0.2) is 19.6 Å². The van der Waals surface area contributed by atoms with Crippen molar-refractivity contribution in [2.75, 3.05) is 19.0 Å². The third-order valence-corrected chi connectivity index (χ3v) is 4.51. The number of carbonyl (C=O) groups excluding carboxylic acids is 1. The van der Waals surface area contributed by atoms with Crippen LogP contribution in [0.1, 0.15) is 16.8 Å². The van der Waals surface area contributed by atoms with Crippen molar-refractivity contribution < 1.29 is 42.8 Å². The quantitative estimate of drug-likeness (QED) is 0.377. The van der Waals surface area contributed by atoms with Crippen molar-refractivity contribution in [1.82, 2.24) is 0 Å². The van der Waals surface area contributed by atoms with Crippen LogP contribution in [0.3, 0.4) is 0 Å². The fourth-order valence-electron chi connectivity index (χ4n) is 2.84. The number of nitrogens with zero attached hydrogens (tertiary/aromatic N) is 1. The first kappa shape index (κ1) is 23.4. The Morgan fingerprint density at radius 1 is 1.03 bits per heavy atom. The number of nitrogens with one attached hydrogen (secondary N) is 1. The highest BCUT2D eigenvalue weighted by Gasteiger charge is 2.09. The van der Waals surface area contributed by atoms with E-state index in [1.807, 2.05) is 97.6 Å². The van der Waals surface area contributed by atoms with Crippen LogP contribution in [0.15, 0.2) is 66.9 Å².